The molecule has 3 aliphatic carbocycles. The molecule has 7 heteroatoms. The van der Waals surface area contributed by atoms with Crippen LogP contribution in [0.3, 0.4) is 0 Å². The van der Waals surface area contributed by atoms with Gasteiger partial charge in [0.2, 0.25) is 11.8 Å². The molecule has 4 amide bonds. The lowest BCUT2D eigenvalue weighted by atomic mass is 9.63. The molecule has 4 unspecified atom stereocenters. The van der Waals surface area contributed by atoms with E-state index in [0.29, 0.717) is 17.9 Å². The van der Waals surface area contributed by atoms with Gasteiger partial charge in [0.15, 0.2) is 0 Å². The zero-order chi connectivity index (χ0) is 21.5. The maximum absolute atomic E-state index is 13.0. The summed E-state index contributed by atoms with van der Waals surface area (Å²) in [5, 5.41) is 5.59. The zero-order valence-corrected chi connectivity index (χ0v) is 18.3. The largest absolute Gasteiger partial charge is 0.334 e. The van der Waals surface area contributed by atoms with Crippen molar-refractivity contribution in [2.75, 3.05) is 10.2 Å². The van der Waals surface area contributed by atoms with Crippen molar-refractivity contribution in [1.82, 2.24) is 5.32 Å². The minimum Gasteiger partial charge on any atom is -0.334 e. The van der Waals surface area contributed by atoms with E-state index in [1.54, 1.807) is 12.1 Å². The van der Waals surface area contributed by atoms with Crippen LogP contribution in [0.2, 0.25) is 0 Å². The molecule has 1 heterocycles. The smallest absolute Gasteiger partial charge is 0.319 e. The number of anilines is 2. The number of amides is 4. The van der Waals surface area contributed by atoms with Crippen molar-refractivity contribution in [2.45, 2.75) is 19.4 Å². The number of nitrogens with zero attached hydrogens (tertiary/aromatic N) is 1. The second kappa shape index (κ2) is 7.96. The fraction of sp³-hybridized carbons (Fsp3) is 0.292. The maximum atomic E-state index is 13.0. The summed E-state index contributed by atoms with van der Waals surface area (Å²) in [5.74, 6) is -0.198. The molecule has 0 aromatic heterocycles. The normalized spacial score (nSPS) is 26.2. The molecule has 1 aliphatic heterocycles. The van der Waals surface area contributed by atoms with Crippen LogP contribution in [-0.2, 0) is 16.1 Å². The highest BCUT2D eigenvalue weighted by Gasteiger charge is 2.56. The van der Waals surface area contributed by atoms with Crippen LogP contribution >= 0.6 is 15.9 Å². The van der Waals surface area contributed by atoms with Crippen LogP contribution in [0.4, 0.5) is 16.2 Å². The van der Waals surface area contributed by atoms with Gasteiger partial charge in [0.25, 0.3) is 0 Å². The fourth-order valence-corrected chi connectivity index (χ4v) is 5.25. The first kappa shape index (κ1) is 20.0. The average Bonchev–Trinajstić information content (AvgIpc) is 3.08. The fourth-order valence-electron chi connectivity index (χ4n) is 4.98. The van der Waals surface area contributed by atoms with Gasteiger partial charge in [0.1, 0.15) is 0 Å². The number of benzene rings is 2. The molecule has 2 N–H and O–H groups in total. The molecule has 6 nitrogen and oxygen atoms in total. The van der Waals surface area contributed by atoms with E-state index in [2.05, 4.69) is 38.7 Å². The Hall–Kier alpha value is -2.93. The van der Waals surface area contributed by atoms with Crippen molar-refractivity contribution in [1.29, 1.82) is 0 Å². The lowest BCUT2D eigenvalue weighted by Gasteiger charge is -2.38. The van der Waals surface area contributed by atoms with Crippen LogP contribution < -0.4 is 15.5 Å². The van der Waals surface area contributed by atoms with Crippen molar-refractivity contribution < 1.29 is 14.4 Å². The summed E-state index contributed by atoms with van der Waals surface area (Å²) in [6.45, 7) is 0.337. The summed E-state index contributed by atoms with van der Waals surface area (Å²) in [6, 6.07) is 14.3. The maximum Gasteiger partial charge on any atom is 0.319 e. The van der Waals surface area contributed by atoms with Crippen molar-refractivity contribution in [3.63, 3.8) is 0 Å². The Bertz CT molecular complexity index is 1030. The molecule has 31 heavy (non-hydrogen) atoms. The van der Waals surface area contributed by atoms with Gasteiger partial charge in [-0.05, 0) is 66.6 Å². The van der Waals surface area contributed by atoms with E-state index >= 15 is 0 Å². The third-order valence-corrected chi connectivity index (χ3v) is 7.04. The average molecular weight is 480 g/mol. The van der Waals surface area contributed by atoms with E-state index in [9.17, 15) is 14.4 Å². The summed E-state index contributed by atoms with van der Waals surface area (Å²) >= 11 is 3.36. The Morgan fingerprint density at radius 3 is 2.03 bits per heavy atom. The van der Waals surface area contributed by atoms with E-state index in [1.807, 2.05) is 36.4 Å². The minimum absolute atomic E-state index is 0.0752. The Morgan fingerprint density at radius 1 is 0.903 bits per heavy atom. The van der Waals surface area contributed by atoms with Crippen molar-refractivity contribution in [3.05, 3.63) is 70.7 Å². The minimum atomic E-state index is -0.302. The number of imide groups is 1. The number of nitrogens with one attached hydrogen (secondary N) is 2. The molecule has 2 aromatic carbocycles. The first-order valence-corrected chi connectivity index (χ1v) is 11.3. The van der Waals surface area contributed by atoms with Gasteiger partial charge in [-0.25, -0.2) is 4.79 Å². The second-order valence-corrected chi connectivity index (χ2v) is 9.25. The van der Waals surface area contributed by atoms with E-state index in [0.717, 1.165) is 22.9 Å². The molecule has 1 saturated heterocycles. The van der Waals surface area contributed by atoms with Crippen molar-refractivity contribution in [3.8, 4) is 0 Å². The summed E-state index contributed by atoms with van der Waals surface area (Å²) in [6.07, 6.45) is 6.22. The van der Waals surface area contributed by atoms with Crippen molar-refractivity contribution in [2.24, 2.45) is 23.7 Å². The first-order chi connectivity index (χ1) is 15.0. The number of hydrogen-bond acceptors (Lipinski definition) is 3. The van der Waals surface area contributed by atoms with Gasteiger partial charge in [0.05, 0.1) is 17.5 Å². The van der Waals surface area contributed by atoms with Gasteiger partial charge >= 0.3 is 6.03 Å². The number of rotatable bonds is 4. The standard InChI is InChI=1S/C24H22BrN3O3/c25-17-7-9-18(10-8-17)27-24(31)26-13-14-1-11-19(12-2-14)28-22(29)20-15-3-4-16(6-5-15)21(20)23(28)30/h1-4,7-12,15-16,20-21H,5-6,13H2,(H2,26,27,31). The molecule has 0 radical (unpaired) electrons. The quantitative estimate of drug-likeness (QED) is 0.501. The predicted octanol–water partition coefficient (Wildman–Crippen LogP) is 4.47. The van der Waals surface area contributed by atoms with E-state index in [-0.39, 0.29) is 41.5 Å². The highest BCUT2D eigenvalue weighted by molar-refractivity contribution is 9.10. The van der Waals surface area contributed by atoms with Gasteiger partial charge in [-0.2, -0.15) is 0 Å². The number of fused-ring (bicyclic) bond motifs is 1. The van der Waals surface area contributed by atoms with Gasteiger partial charge in [-0.3, -0.25) is 14.5 Å². The lowest BCUT2D eigenvalue weighted by molar-refractivity contribution is -0.124. The number of hydrogen-bond donors (Lipinski definition) is 2. The Morgan fingerprint density at radius 2 is 1.48 bits per heavy atom. The summed E-state index contributed by atoms with van der Waals surface area (Å²) in [7, 11) is 0. The topological polar surface area (TPSA) is 78.5 Å². The predicted molar refractivity (Wildman–Crippen MR) is 121 cm³/mol. The SMILES string of the molecule is O=C(NCc1ccc(N2C(=O)C3C4C=CC(CC4)C3C2=O)cc1)Nc1ccc(Br)cc1. The molecular weight excluding hydrogens is 458 g/mol. The number of halogens is 1. The molecule has 2 fully saturated rings. The van der Waals surface area contributed by atoms with Crippen LogP contribution in [-0.4, -0.2) is 17.8 Å². The highest BCUT2D eigenvalue weighted by atomic mass is 79.9. The lowest BCUT2D eigenvalue weighted by Crippen LogP contribution is -2.38. The highest BCUT2D eigenvalue weighted by Crippen LogP contribution is 2.50. The van der Waals surface area contributed by atoms with Crippen LogP contribution in [0, 0.1) is 23.7 Å². The number of allylic oxidation sites excluding steroid dienone is 2. The van der Waals surface area contributed by atoms with Crippen LogP contribution in [0.15, 0.2) is 65.2 Å². The monoisotopic (exact) mass is 479 g/mol. The molecule has 158 valence electrons. The Balaban J connectivity index is 1.22. The van der Waals surface area contributed by atoms with Gasteiger partial charge in [0, 0.05) is 16.7 Å². The molecule has 6 rings (SSSR count). The van der Waals surface area contributed by atoms with E-state index in [4.69, 9.17) is 0 Å². The zero-order valence-electron chi connectivity index (χ0n) is 16.8. The summed E-state index contributed by atoms with van der Waals surface area (Å²) < 4.78 is 0.941. The van der Waals surface area contributed by atoms with Gasteiger partial charge in [-0.15, -0.1) is 0 Å². The molecule has 2 bridgehead atoms. The first-order valence-electron chi connectivity index (χ1n) is 10.5. The number of urea groups is 1. The molecular formula is C24H22BrN3O3. The molecule has 4 atom stereocenters. The molecule has 4 aliphatic rings. The van der Waals surface area contributed by atoms with Gasteiger partial charge < -0.3 is 10.6 Å². The number of carbonyl (C=O) groups excluding carboxylic acids is 3. The Labute approximate surface area is 188 Å². The second-order valence-electron chi connectivity index (χ2n) is 8.33. The summed E-state index contributed by atoms with van der Waals surface area (Å²) in [5.41, 5.74) is 2.19. The van der Waals surface area contributed by atoms with Crippen LogP contribution in [0.25, 0.3) is 0 Å². The van der Waals surface area contributed by atoms with E-state index < -0.39 is 0 Å². The third-order valence-electron chi connectivity index (χ3n) is 6.51. The van der Waals surface area contributed by atoms with Gasteiger partial charge in [-0.1, -0.05) is 40.2 Å². The molecule has 0 spiro atoms. The Kier molecular flexibility index (Phi) is 5.14. The van der Waals surface area contributed by atoms with Crippen molar-refractivity contribution >= 4 is 45.2 Å². The van der Waals surface area contributed by atoms with Crippen LogP contribution in [0.5, 0.6) is 0 Å². The third kappa shape index (κ3) is 3.67. The molecule has 2 aromatic rings. The van der Waals surface area contributed by atoms with E-state index in [1.165, 1.54) is 4.90 Å². The van der Waals surface area contributed by atoms with Crippen LogP contribution in [0.1, 0.15) is 18.4 Å². The molecule has 1 saturated carbocycles. The number of carbonyl (C=O) groups is 3. The summed E-state index contributed by atoms with van der Waals surface area (Å²) in [4.78, 5) is 39.5.